The summed E-state index contributed by atoms with van der Waals surface area (Å²) >= 11 is 0. The maximum atomic E-state index is 11.6. The van der Waals surface area contributed by atoms with E-state index in [1.807, 2.05) is 0 Å². The topological polar surface area (TPSA) is 80.7 Å². The Balaban J connectivity index is 3.35. The van der Waals surface area contributed by atoms with Crippen molar-refractivity contribution in [3.63, 3.8) is 0 Å². The molecule has 0 aromatic heterocycles. The Hall–Kier alpha value is -1.65. The molecule has 0 saturated heterocycles. The molecule has 28 heavy (non-hydrogen) atoms. The molecule has 0 bridgehead atoms. The van der Waals surface area contributed by atoms with Gasteiger partial charge in [0.2, 0.25) is 0 Å². The fraction of sp³-hybridized carbons (Fsp3) is 0.783. The van der Waals surface area contributed by atoms with Crippen LogP contribution in [0.3, 0.4) is 0 Å². The molecular weight excluding hydrogens is 356 g/mol. The van der Waals surface area contributed by atoms with Crippen LogP contribution in [0.5, 0.6) is 0 Å². The highest BCUT2D eigenvalue weighted by Crippen LogP contribution is 2.14. The molecule has 1 N–H and O–H groups in total. The highest BCUT2D eigenvalue weighted by Gasteiger charge is 2.03. The van der Waals surface area contributed by atoms with Gasteiger partial charge < -0.3 is 9.84 Å². The monoisotopic (exact) mass is 396 g/mol. The van der Waals surface area contributed by atoms with E-state index in [0.29, 0.717) is 6.42 Å². The lowest BCUT2D eigenvalue weighted by Crippen LogP contribution is -2.11. The molecule has 5 nitrogen and oxygen atoms in total. The predicted molar refractivity (Wildman–Crippen MR) is 112 cm³/mol. The van der Waals surface area contributed by atoms with Gasteiger partial charge in [-0.15, -0.1) is 0 Å². The van der Waals surface area contributed by atoms with Crippen molar-refractivity contribution in [2.24, 2.45) is 5.92 Å². The first-order valence-corrected chi connectivity index (χ1v) is 11.0. The zero-order chi connectivity index (χ0) is 21.0. The molecule has 0 aliphatic carbocycles. The fourth-order valence-corrected chi connectivity index (χ4v) is 3.04. The molecule has 0 aromatic rings. The molecule has 0 aromatic carbocycles. The van der Waals surface area contributed by atoms with Gasteiger partial charge in [0.05, 0.1) is 0 Å². The highest BCUT2D eigenvalue weighted by atomic mass is 16.5. The number of rotatable bonds is 19. The molecule has 0 atom stereocenters. The number of hydrogen-bond acceptors (Lipinski definition) is 4. The van der Waals surface area contributed by atoms with E-state index in [1.165, 1.54) is 70.3 Å². The van der Waals surface area contributed by atoms with Crippen LogP contribution in [0.1, 0.15) is 104 Å². The second kappa shape index (κ2) is 18.7. The van der Waals surface area contributed by atoms with Crippen molar-refractivity contribution < 1.29 is 24.2 Å². The summed E-state index contributed by atoms with van der Waals surface area (Å²) in [5.74, 6) is -1.30. The number of carbonyl (C=O) groups excluding carboxylic acids is 2. The van der Waals surface area contributed by atoms with Gasteiger partial charge >= 0.3 is 11.9 Å². The number of hydrogen-bond donors (Lipinski definition) is 1. The minimum atomic E-state index is -1.22. The summed E-state index contributed by atoms with van der Waals surface area (Å²) in [6.07, 6.45) is 19.0. The van der Waals surface area contributed by atoms with E-state index in [-0.39, 0.29) is 5.78 Å². The molecule has 0 unspecified atom stereocenters. The summed E-state index contributed by atoms with van der Waals surface area (Å²) in [5.41, 5.74) is 0. The van der Waals surface area contributed by atoms with Gasteiger partial charge in [0.1, 0.15) is 0 Å². The molecule has 0 spiro atoms. The molecule has 0 aliphatic heterocycles. The predicted octanol–water partition coefficient (Wildman–Crippen LogP) is 5.86. The van der Waals surface area contributed by atoms with E-state index < -0.39 is 18.5 Å². The summed E-state index contributed by atoms with van der Waals surface area (Å²) in [4.78, 5) is 33.0. The Morgan fingerprint density at radius 2 is 1.21 bits per heavy atom. The third-order valence-electron chi connectivity index (χ3n) is 4.70. The Bertz CT molecular complexity index is 454. The number of aliphatic carboxylic acids is 1. The molecule has 0 aliphatic rings. The van der Waals surface area contributed by atoms with Crippen molar-refractivity contribution >= 4 is 17.7 Å². The summed E-state index contributed by atoms with van der Waals surface area (Å²) in [6.45, 7) is 3.90. The normalized spacial score (nSPS) is 11.2. The highest BCUT2D eigenvalue weighted by molar-refractivity contribution is 5.96. The Labute approximate surface area is 170 Å². The van der Waals surface area contributed by atoms with E-state index >= 15 is 0 Å². The summed E-state index contributed by atoms with van der Waals surface area (Å²) in [6, 6.07) is 0. The van der Waals surface area contributed by atoms with Gasteiger partial charge in [-0.2, -0.15) is 0 Å². The quantitative estimate of drug-likeness (QED) is 0.168. The Kier molecular flexibility index (Phi) is 17.6. The van der Waals surface area contributed by atoms with E-state index in [1.54, 1.807) is 0 Å². The zero-order valence-electron chi connectivity index (χ0n) is 17.9. The van der Waals surface area contributed by atoms with Crippen LogP contribution in [0.4, 0.5) is 0 Å². The third kappa shape index (κ3) is 20.7. The molecule has 0 saturated carbocycles. The van der Waals surface area contributed by atoms with Crippen LogP contribution in [-0.2, 0) is 19.1 Å². The number of carboxylic acid groups (broad SMARTS) is 1. The van der Waals surface area contributed by atoms with Crippen molar-refractivity contribution in [1.29, 1.82) is 0 Å². The Morgan fingerprint density at radius 1 is 0.750 bits per heavy atom. The van der Waals surface area contributed by atoms with Gasteiger partial charge in [-0.05, 0) is 18.4 Å². The molecule has 0 fully saturated rings. The van der Waals surface area contributed by atoms with Gasteiger partial charge in [-0.3, -0.25) is 4.79 Å². The number of allylic oxidation sites excluding steroid dienone is 1. The lowest BCUT2D eigenvalue weighted by Gasteiger charge is -2.04. The average molecular weight is 397 g/mol. The molecule has 5 heteroatoms. The lowest BCUT2D eigenvalue weighted by atomic mass is 10.0. The number of ketones is 1. The number of carbonyl (C=O) groups is 3. The van der Waals surface area contributed by atoms with Crippen LogP contribution >= 0.6 is 0 Å². The van der Waals surface area contributed by atoms with Crippen LogP contribution in [-0.4, -0.2) is 29.4 Å². The minimum Gasteiger partial charge on any atom is -0.479 e. The fourth-order valence-electron chi connectivity index (χ4n) is 3.04. The Morgan fingerprint density at radius 3 is 1.68 bits per heavy atom. The first-order chi connectivity index (χ1) is 13.4. The standard InChI is InChI=1S/C23H40O5/c1-20(2)15-13-11-9-7-5-3-4-6-8-10-12-14-16-21(24)17-18-23(27)28-19-22(25)26/h17-18,20H,3-16,19H2,1-2H3,(H,25,26). The van der Waals surface area contributed by atoms with Crippen molar-refractivity contribution in [1.82, 2.24) is 0 Å². The van der Waals surface area contributed by atoms with Gasteiger partial charge in [0.15, 0.2) is 12.4 Å². The second-order valence-corrected chi connectivity index (χ2v) is 7.98. The van der Waals surface area contributed by atoms with E-state index in [0.717, 1.165) is 31.3 Å². The molecule has 0 rings (SSSR count). The SMILES string of the molecule is CC(C)CCCCCCCCCCCCCCC(=O)C=CC(=O)OCC(=O)O. The average Bonchev–Trinajstić information content (AvgIpc) is 2.64. The number of unbranched alkanes of at least 4 members (excludes halogenated alkanes) is 11. The first-order valence-electron chi connectivity index (χ1n) is 11.0. The smallest absolute Gasteiger partial charge is 0.341 e. The van der Waals surface area contributed by atoms with Gasteiger partial charge in [-0.1, -0.05) is 90.9 Å². The van der Waals surface area contributed by atoms with Crippen molar-refractivity contribution in [2.45, 2.75) is 104 Å². The van der Waals surface area contributed by atoms with Crippen molar-refractivity contribution in [2.75, 3.05) is 6.61 Å². The summed E-state index contributed by atoms with van der Waals surface area (Å²) in [5, 5.41) is 8.37. The van der Waals surface area contributed by atoms with E-state index in [2.05, 4.69) is 18.6 Å². The second-order valence-electron chi connectivity index (χ2n) is 7.98. The minimum absolute atomic E-state index is 0.124. The van der Waals surface area contributed by atoms with Gasteiger partial charge in [0, 0.05) is 12.5 Å². The van der Waals surface area contributed by atoms with Crippen LogP contribution in [0.15, 0.2) is 12.2 Å². The van der Waals surface area contributed by atoms with Crippen LogP contribution in [0.25, 0.3) is 0 Å². The van der Waals surface area contributed by atoms with Crippen LogP contribution in [0, 0.1) is 5.92 Å². The molecular formula is C23H40O5. The molecule has 162 valence electrons. The number of ether oxygens (including phenoxy) is 1. The zero-order valence-corrected chi connectivity index (χ0v) is 17.9. The number of carboxylic acids is 1. The van der Waals surface area contributed by atoms with Crippen molar-refractivity contribution in [3.8, 4) is 0 Å². The molecule has 0 heterocycles. The summed E-state index contributed by atoms with van der Waals surface area (Å²) in [7, 11) is 0. The first kappa shape index (κ1) is 26.4. The maximum absolute atomic E-state index is 11.6. The largest absolute Gasteiger partial charge is 0.479 e. The summed E-state index contributed by atoms with van der Waals surface area (Å²) < 4.78 is 4.41. The van der Waals surface area contributed by atoms with E-state index in [9.17, 15) is 14.4 Å². The van der Waals surface area contributed by atoms with Gasteiger partial charge in [-0.25, -0.2) is 9.59 Å². The lowest BCUT2D eigenvalue weighted by molar-refractivity contribution is -0.151. The van der Waals surface area contributed by atoms with Crippen molar-refractivity contribution in [3.05, 3.63) is 12.2 Å². The van der Waals surface area contributed by atoms with E-state index in [4.69, 9.17) is 5.11 Å². The van der Waals surface area contributed by atoms with Crippen LogP contribution in [0.2, 0.25) is 0 Å². The number of esters is 1. The molecule has 0 amide bonds. The molecule has 0 radical (unpaired) electrons. The third-order valence-corrected chi connectivity index (χ3v) is 4.70. The maximum Gasteiger partial charge on any atom is 0.341 e. The van der Waals surface area contributed by atoms with Gasteiger partial charge in [0.25, 0.3) is 0 Å². The van der Waals surface area contributed by atoms with Crippen LogP contribution < -0.4 is 0 Å².